The van der Waals surface area contributed by atoms with Gasteiger partial charge in [0.15, 0.2) is 0 Å². The average molecular weight is 233 g/mol. The molecule has 1 aromatic carbocycles. The second-order valence-electron chi connectivity index (χ2n) is 5.20. The SMILES string of the molecule is Cc1ccc(C)c(CC(N)C2CCCCO2)c1. The molecule has 0 amide bonds. The molecule has 0 aromatic heterocycles. The summed E-state index contributed by atoms with van der Waals surface area (Å²) in [6.45, 7) is 5.17. The summed E-state index contributed by atoms with van der Waals surface area (Å²) in [5.41, 5.74) is 10.3. The smallest absolute Gasteiger partial charge is 0.0729 e. The van der Waals surface area contributed by atoms with Crippen LogP contribution in [0, 0.1) is 13.8 Å². The quantitative estimate of drug-likeness (QED) is 0.871. The van der Waals surface area contributed by atoms with Crippen molar-refractivity contribution in [2.75, 3.05) is 6.61 Å². The maximum absolute atomic E-state index is 6.27. The molecule has 1 heterocycles. The van der Waals surface area contributed by atoms with Gasteiger partial charge in [-0.2, -0.15) is 0 Å². The minimum atomic E-state index is 0.135. The third-order valence-electron chi connectivity index (χ3n) is 3.65. The summed E-state index contributed by atoms with van der Waals surface area (Å²) in [5.74, 6) is 0. The lowest BCUT2D eigenvalue weighted by molar-refractivity contribution is 0.000612. The summed E-state index contributed by atoms with van der Waals surface area (Å²) in [6.07, 6.45) is 4.74. The minimum Gasteiger partial charge on any atom is -0.377 e. The first-order valence-electron chi connectivity index (χ1n) is 6.60. The predicted molar refractivity (Wildman–Crippen MR) is 71.2 cm³/mol. The number of aryl methyl sites for hydroxylation is 2. The van der Waals surface area contributed by atoms with Gasteiger partial charge in [0.05, 0.1) is 6.10 Å². The molecule has 2 rings (SSSR count). The van der Waals surface area contributed by atoms with Crippen LogP contribution in [0.2, 0.25) is 0 Å². The number of benzene rings is 1. The van der Waals surface area contributed by atoms with Crippen molar-refractivity contribution in [2.24, 2.45) is 5.73 Å². The van der Waals surface area contributed by atoms with Crippen LogP contribution < -0.4 is 5.73 Å². The van der Waals surface area contributed by atoms with Crippen LogP contribution >= 0.6 is 0 Å². The van der Waals surface area contributed by atoms with E-state index < -0.39 is 0 Å². The Morgan fingerprint density at radius 2 is 2.18 bits per heavy atom. The molecule has 1 aliphatic heterocycles. The molecule has 0 saturated carbocycles. The van der Waals surface area contributed by atoms with Crippen LogP contribution in [0.1, 0.15) is 36.0 Å². The topological polar surface area (TPSA) is 35.2 Å². The van der Waals surface area contributed by atoms with Crippen molar-refractivity contribution < 1.29 is 4.74 Å². The van der Waals surface area contributed by atoms with Crippen molar-refractivity contribution in [1.29, 1.82) is 0 Å². The Balaban J connectivity index is 2.01. The van der Waals surface area contributed by atoms with Gasteiger partial charge in [-0.15, -0.1) is 0 Å². The molecule has 1 fully saturated rings. The molecule has 0 bridgehead atoms. The number of nitrogens with two attached hydrogens (primary N) is 1. The molecule has 0 radical (unpaired) electrons. The Bertz CT molecular complexity index is 369. The van der Waals surface area contributed by atoms with Crippen LogP contribution in [-0.2, 0) is 11.2 Å². The van der Waals surface area contributed by atoms with E-state index in [1.54, 1.807) is 0 Å². The molecule has 2 heteroatoms. The van der Waals surface area contributed by atoms with Crippen LogP contribution in [0.15, 0.2) is 18.2 Å². The fourth-order valence-corrected chi connectivity index (χ4v) is 2.51. The summed E-state index contributed by atoms with van der Waals surface area (Å²) in [7, 11) is 0. The highest BCUT2D eigenvalue weighted by Gasteiger charge is 2.21. The Labute approximate surface area is 104 Å². The molecule has 2 unspecified atom stereocenters. The molecule has 2 nitrogen and oxygen atoms in total. The Hall–Kier alpha value is -0.860. The van der Waals surface area contributed by atoms with Crippen molar-refractivity contribution in [1.82, 2.24) is 0 Å². The first-order valence-corrected chi connectivity index (χ1v) is 6.60. The summed E-state index contributed by atoms with van der Waals surface area (Å²) in [5, 5.41) is 0. The zero-order valence-electron chi connectivity index (χ0n) is 10.9. The highest BCUT2D eigenvalue weighted by Crippen LogP contribution is 2.19. The summed E-state index contributed by atoms with van der Waals surface area (Å²) >= 11 is 0. The summed E-state index contributed by atoms with van der Waals surface area (Å²) in [4.78, 5) is 0. The molecular formula is C15H23NO. The molecule has 17 heavy (non-hydrogen) atoms. The number of rotatable bonds is 3. The zero-order valence-corrected chi connectivity index (χ0v) is 10.9. The molecule has 1 saturated heterocycles. The lowest BCUT2D eigenvalue weighted by atomic mass is 9.94. The van der Waals surface area contributed by atoms with Gasteiger partial charge >= 0.3 is 0 Å². The second-order valence-corrected chi connectivity index (χ2v) is 5.20. The first kappa shape index (κ1) is 12.6. The van der Waals surface area contributed by atoms with E-state index >= 15 is 0 Å². The van der Waals surface area contributed by atoms with Crippen LogP contribution in [-0.4, -0.2) is 18.8 Å². The highest BCUT2D eigenvalue weighted by atomic mass is 16.5. The summed E-state index contributed by atoms with van der Waals surface area (Å²) in [6, 6.07) is 6.72. The molecule has 2 atom stereocenters. The standard InChI is InChI=1S/C15H23NO/c1-11-6-7-12(2)13(9-11)10-14(16)15-5-3-4-8-17-15/h6-7,9,14-15H,3-5,8,10,16H2,1-2H3. The van der Waals surface area contributed by atoms with Gasteiger partial charge in [0, 0.05) is 12.6 Å². The van der Waals surface area contributed by atoms with Gasteiger partial charge in [-0.25, -0.2) is 0 Å². The van der Waals surface area contributed by atoms with Gasteiger partial charge in [0.2, 0.25) is 0 Å². The van der Waals surface area contributed by atoms with Crippen molar-refractivity contribution in [2.45, 2.75) is 51.7 Å². The zero-order chi connectivity index (χ0) is 12.3. The maximum atomic E-state index is 6.27. The Kier molecular flexibility index (Phi) is 4.19. The predicted octanol–water partition coefficient (Wildman–Crippen LogP) is 2.74. The van der Waals surface area contributed by atoms with Crippen molar-refractivity contribution >= 4 is 0 Å². The molecular weight excluding hydrogens is 210 g/mol. The van der Waals surface area contributed by atoms with Crippen LogP contribution in [0.5, 0.6) is 0 Å². The molecule has 1 aliphatic rings. The fraction of sp³-hybridized carbons (Fsp3) is 0.600. The first-order chi connectivity index (χ1) is 8.16. The second kappa shape index (κ2) is 5.65. The van der Waals surface area contributed by atoms with Gasteiger partial charge in [0.1, 0.15) is 0 Å². The monoisotopic (exact) mass is 233 g/mol. The van der Waals surface area contributed by atoms with E-state index in [1.807, 2.05) is 0 Å². The van der Waals surface area contributed by atoms with Crippen molar-refractivity contribution in [3.05, 3.63) is 34.9 Å². The largest absolute Gasteiger partial charge is 0.377 e. The van der Waals surface area contributed by atoms with Gasteiger partial charge < -0.3 is 10.5 Å². The number of hydrogen-bond donors (Lipinski definition) is 1. The minimum absolute atomic E-state index is 0.135. The van der Waals surface area contributed by atoms with Gasteiger partial charge in [-0.3, -0.25) is 0 Å². The third kappa shape index (κ3) is 3.30. The summed E-state index contributed by atoms with van der Waals surface area (Å²) < 4.78 is 5.76. The van der Waals surface area contributed by atoms with Crippen LogP contribution in [0.3, 0.4) is 0 Å². The van der Waals surface area contributed by atoms with E-state index in [0.717, 1.165) is 19.4 Å². The van der Waals surface area contributed by atoms with E-state index in [1.165, 1.54) is 29.5 Å². The van der Waals surface area contributed by atoms with E-state index in [0.29, 0.717) is 0 Å². The normalized spacial score (nSPS) is 22.4. The fourth-order valence-electron chi connectivity index (χ4n) is 2.51. The lowest BCUT2D eigenvalue weighted by Crippen LogP contribution is -2.40. The molecule has 1 aromatic rings. The Morgan fingerprint density at radius 1 is 1.35 bits per heavy atom. The van der Waals surface area contributed by atoms with Crippen molar-refractivity contribution in [3.8, 4) is 0 Å². The van der Waals surface area contributed by atoms with E-state index in [9.17, 15) is 0 Å². The van der Waals surface area contributed by atoms with Gasteiger partial charge in [-0.05, 0) is 50.7 Å². The molecule has 94 valence electrons. The number of ether oxygens (including phenoxy) is 1. The molecule has 0 aliphatic carbocycles. The lowest BCUT2D eigenvalue weighted by Gasteiger charge is -2.28. The highest BCUT2D eigenvalue weighted by molar-refractivity contribution is 5.31. The number of hydrogen-bond acceptors (Lipinski definition) is 2. The van der Waals surface area contributed by atoms with Crippen LogP contribution in [0.25, 0.3) is 0 Å². The van der Waals surface area contributed by atoms with E-state index in [4.69, 9.17) is 10.5 Å². The van der Waals surface area contributed by atoms with Crippen LogP contribution in [0.4, 0.5) is 0 Å². The van der Waals surface area contributed by atoms with Crippen molar-refractivity contribution in [3.63, 3.8) is 0 Å². The molecule has 2 N–H and O–H groups in total. The van der Waals surface area contributed by atoms with Gasteiger partial charge in [-0.1, -0.05) is 23.8 Å². The average Bonchev–Trinajstić information content (AvgIpc) is 2.35. The van der Waals surface area contributed by atoms with Gasteiger partial charge in [0.25, 0.3) is 0 Å². The Morgan fingerprint density at radius 3 is 2.88 bits per heavy atom. The van der Waals surface area contributed by atoms with E-state index in [2.05, 4.69) is 32.0 Å². The van der Waals surface area contributed by atoms with E-state index in [-0.39, 0.29) is 12.1 Å². The maximum Gasteiger partial charge on any atom is 0.0729 e. The molecule has 0 spiro atoms. The third-order valence-corrected chi connectivity index (χ3v) is 3.65.